The van der Waals surface area contributed by atoms with Crippen LogP contribution in [0.15, 0.2) is 30.5 Å². The molecular formula is C22H26F3N7O5. The minimum Gasteiger partial charge on any atom is -0.491 e. The molecule has 2 bridgehead atoms. The van der Waals surface area contributed by atoms with Crippen LogP contribution in [0.5, 0.6) is 5.75 Å². The highest BCUT2D eigenvalue weighted by Crippen LogP contribution is 2.39. The number of aliphatic hydroxyl groups excluding tert-OH is 2. The second-order valence-corrected chi connectivity index (χ2v) is 8.61. The highest BCUT2D eigenvalue weighted by Gasteiger charge is 2.41. The number of aromatic nitrogens is 2. The first-order valence-electron chi connectivity index (χ1n) is 11.4. The van der Waals surface area contributed by atoms with Gasteiger partial charge in [0.25, 0.3) is 5.91 Å². The zero-order valence-electron chi connectivity index (χ0n) is 19.5. The number of carbonyl (C=O) groups excluding carboxylic acids is 2. The van der Waals surface area contributed by atoms with Gasteiger partial charge < -0.3 is 30.9 Å². The summed E-state index contributed by atoms with van der Waals surface area (Å²) in [6.45, 7) is -0.245. The average molecular weight is 525 g/mol. The van der Waals surface area contributed by atoms with Gasteiger partial charge in [0.1, 0.15) is 36.0 Å². The zero-order chi connectivity index (χ0) is 26.7. The second-order valence-electron chi connectivity index (χ2n) is 8.61. The molecule has 6 N–H and O–H groups in total. The van der Waals surface area contributed by atoms with Crippen molar-refractivity contribution in [1.29, 1.82) is 0 Å². The first-order chi connectivity index (χ1) is 17.6. The predicted molar refractivity (Wildman–Crippen MR) is 126 cm³/mol. The maximum absolute atomic E-state index is 13.3. The molecule has 0 radical (unpaired) electrons. The number of amides is 3. The van der Waals surface area contributed by atoms with Crippen LogP contribution in [0.1, 0.15) is 16.9 Å². The summed E-state index contributed by atoms with van der Waals surface area (Å²) in [6, 6.07) is 2.88. The van der Waals surface area contributed by atoms with Crippen LogP contribution in [0.25, 0.3) is 0 Å². The number of nitrogens with one attached hydrogen (secondary N) is 2. The minimum atomic E-state index is -4.66. The van der Waals surface area contributed by atoms with Gasteiger partial charge in [-0.25, -0.2) is 14.8 Å². The molecule has 2 aromatic rings. The quantitative estimate of drug-likeness (QED) is 0.329. The number of alkyl halides is 3. The number of nitrogens with two attached hydrogens (primary N) is 1. The molecule has 1 fully saturated rings. The van der Waals surface area contributed by atoms with Crippen LogP contribution in [0, 0.1) is 0 Å². The van der Waals surface area contributed by atoms with E-state index < -0.39 is 43.4 Å². The van der Waals surface area contributed by atoms with Crippen molar-refractivity contribution in [3.63, 3.8) is 0 Å². The van der Waals surface area contributed by atoms with Crippen molar-refractivity contribution < 1.29 is 37.7 Å². The largest absolute Gasteiger partial charge is 0.491 e. The fourth-order valence-electron chi connectivity index (χ4n) is 3.99. The van der Waals surface area contributed by atoms with Crippen molar-refractivity contribution in [2.24, 2.45) is 5.73 Å². The van der Waals surface area contributed by atoms with Gasteiger partial charge in [-0.1, -0.05) is 0 Å². The Hall–Kier alpha value is -3.69. The van der Waals surface area contributed by atoms with Gasteiger partial charge in [-0.2, -0.15) is 13.2 Å². The first kappa shape index (κ1) is 26.4. The third kappa shape index (κ3) is 6.00. The standard InChI is InChI=1S/C22H26F3N7O5/c23-22(24,25)17(26)8-28-20(35)15-1-2-16-19(29-15)32(12-4-6-31(16)9-12)21(36)30-18-7-14(3-5-27-18)37-11-13(34)10-33/h1-3,5,7,12-13,17,33-34H,4,6,8-11,26H2,(H,28,35)(H,27,30,36)/t12-,13+,17+/m0/s1. The van der Waals surface area contributed by atoms with Crippen molar-refractivity contribution in [2.45, 2.75) is 30.8 Å². The van der Waals surface area contributed by atoms with E-state index in [-0.39, 0.29) is 30.0 Å². The van der Waals surface area contributed by atoms with E-state index in [0.717, 1.165) is 0 Å². The van der Waals surface area contributed by atoms with Crippen molar-refractivity contribution in [2.75, 3.05) is 48.0 Å². The van der Waals surface area contributed by atoms with E-state index in [4.69, 9.17) is 15.6 Å². The third-order valence-corrected chi connectivity index (χ3v) is 5.93. The molecule has 37 heavy (non-hydrogen) atoms. The number of anilines is 3. The topological polar surface area (TPSA) is 166 Å². The molecule has 0 unspecified atom stereocenters. The van der Waals surface area contributed by atoms with Gasteiger partial charge in [0, 0.05) is 31.9 Å². The molecule has 0 saturated carbocycles. The highest BCUT2D eigenvalue weighted by molar-refractivity contribution is 6.05. The number of hydrogen-bond donors (Lipinski definition) is 5. The van der Waals surface area contributed by atoms with Crippen molar-refractivity contribution in [3.05, 3.63) is 36.2 Å². The summed E-state index contributed by atoms with van der Waals surface area (Å²) in [5.74, 6) is -0.208. The van der Waals surface area contributed by atoms with E-state index in [1.165, 1.54) is 29.3 Å². The SMILES string of the molecule is N[C@H](CNC(=O)c1ccc2c(n1)N(C(=O)Nc1cc(OC[C@H](O)CO)ccn1)[C@H]1CCN2C1)C(F)(F)F. The van der Waals surface area contributed by atoms with Crippen LogP contribution in [-0.2, 0) is 0 Å². The number of hydrogen-bond acceptors (Lipinski definition) is 9. The smallest absolute Gasteiger partial charge is 0.405 e. The Morgan fingerprint density at radius 1 is 1.30 bits per heavy atom. The second kappa shape index (κ2) is 10.7. The summed E-state index contributed by atoms with van der Waals surface area (Å²) >= 11 is 0. The van der Waals surface area contributed by atoms with Crippen molar-refractivity contribution in [1.82, 2.24) is 15.3 Å². The third-order valence-electron chi connectivity index (χ3n) is 5.93. The molecule has 3 atom stereocenters. The summed E-state index contributed by atoms with van der Waals surface area (Å²) in [5.41, 5.74) is 5.50. The molecule has 4 rings (SSSR count). The van der Waals surface area contributed by atoms with E-state index in [0.29, 0.717) is 30.9 Å². The molecule has 2 aliphatic heterocycles. The summed E-state index contributed by atoms with van der Waals surface area (Å²) in [7, 11) is 0. The predicted octanol–water partition coefficient (Wildman–Crippen LogP) is 0.459. The van der Waals surface area contributed by atoms with E-state index in [2.05, 4.69) is 20.6 Å². The number of fused-ring (bicyclic) bond motifs is 4. The molecular weight excluding hydrogens is 499 g/mol. The van der Waals surface area contributed by atoms with E-state index in [9.17, 15) is 27.9 Å². The van der Waals surface area contributed by atoms with Gasteiger partial charge >= 0.3 is 12.2 Å². The lowest BCUT2D eigenvalue weighted by Crippen LogP contribution is -2.49. The van der Waals surface area contributed by atoms with Crippen molar-refractivity contribution in [3.8, 4) is 5.75 Å². The summed E-state index contributed by atoms with van der Waals surface area (Å²) in [5, 5.41) is 23.2. The lowest BCUT2D eigenvalue weighted by atomic mass is 10.1. The van der Waals surface area contributed by atoms with Crippen LogP contribution in [0.2, 0.25) is 0 Å². The molecule has 2 aliphatic rings. The molecule has 15 heteroatoms. The number of halogens is 3. The van der Waals surface area contributed by atoms with E-state index >= 15 is 0 Å². The maximum Gasteiger partial charge on any atom is 0.405 e. The number of aliphatic hydroxyl groups is 2. The molecule has 200 valence electrons. The number of ether oxygens (including phenoxy) is 1. The Bertz CT molecular complexity index is 1150. The lowest BCUT2D eigenvalue weighted by molar-refractivity contribution is -0.146. The Labute approximate surface area is 209 Å². The number of carbonyl (C=O) groups is 2. The first-order valence-corrected chi connectivity index (χ1v) is 11.4. The zero-order valence-corrected chi connectivity index (χ0v) is 19.5. The minimum absolute atomic E-state index is 0.151. The molecule has 0 spiro atoms. The van der Waals surface area contributed by atoms with Gasteiger partial charge in [0.15, 0.2) is 5.82 Å². The summed E-state index contributed by atoms with van der Waals surface area (Å²) in [4.78, 5) is 37.6. The fraction of sp³-hybridized carbons (Fsp3) is 0.455. The maximum atomic E-state index is 13.3. The Morgan fingerprint density at radius 3 is 2.81 bits per heavy atom. The molecule has 12 nitrogen and oxygen atoms in total. The monoisotopic (exact) mass is 525 g/mol. The van der Waals surface area contributed by atoms with Gasteiger partial charge in [0.05, 0.1) is 18.3 Å². The van der Waals surface area contributed by atoms with Gasteiger partial charge in [-0.05, 0) is 24.6 Å². The van der Waals surface area contributed by atoms with Gasteiger partial charge in [-0.3, -0.25) is 15.0 Å². The molecule has 4 heterocycles. The van der Waals surface area contributed by atoms with Crippen LogP contribution >= 0.6 is 0 Å². The number of pyridine rings is 2. The summed E-state index contributed by atoms with van der Waals surface area (Å²) in [6.07, 6.45) is -3.69. The Kier molecular flexibility index (Phi) is 7.65. The Morgan fingerprint density at radius 2 is 2.08 bits per heavy atom. The van der Waals surface area contributed by atoms with Crippen LogP contribution < -0.4 is 30.9 Å². The fourth-order valence-corrected chi connectivity index (χ4v) is 3.99. The van der Waals surface area contributed by atoms with Crippen LogP contribution in [0.4, 0.5) is 35.3 Å². The number of urea groups is 1. The molecule has 0 aromatic carbocycles. The normalized spacial score (nSPS) is 18.2. The lowest BCUT2D eigenvalue weighted by Gasteiger charge is -2.35. The molecule has 1 saturated heterocycles. The van der Waals surface area contributed by atoms with Crippen LogP contribution in [0.3, 0.4) is 0 Å². The summed E-state index contributed by atoms with van der Waals surface area (Å²) < 4.78 is 43.4. The Balaban J connectivity index is 1.51. The van der Waals surface area contributed by atoms with Gasteiger partial charge in [-0.15, -0.1) is 0 Å². The van der Waals surface area contributed by atoms with Gasteiger partial charge in [0.2, 0.25) is 0 Å². The molecule has 3 amide bonds. The van der Waals surface area contributed by atoms with E-state index in [1.54, 1.807) is 6.07 Å². The number of rotatable bonds is 8. The van der Waals surface area contributed by atoms with E-state index in [1.807, 2.05) is 4.90 Å². The average Bonchev–Trinajstić information content (AvgIpc) is 3.29. The molecule has 0 aliphatic carbocycles. The van der Waals surface area contributed by atoms with Crippen molar-refractivity contribution >= 4 is 29.3 Å². The highest BCUT2D eigenvalue weighted by atomic mass is 19.4. The molecule has 2 aromatic heterocycles. The number of nitrogens with zero attached hydrogens (tertiary/aromatic N) is 4. The van der Waals surface area contributed by atoms with Crippen LogP contribution in [-0.4, -0.2) is 89.3 Å².